The van der Waals surface area contributed by atoms with Crippen molar-refractivity contribution in [3.63, 3.8) is 0 Å². The number of imidazole rings is 1. The molecule has 0 saturated carbocycles. The van der Waals surface area contributed by atoms with Crippen LogP contribution in [0.5, 0.6) is 5.75 Å². The zero-order chi connectivity index (χ0) is 20.6. The van der Waals surface area contributed by atoms with Crippen LogP contribution in [0.15, 0.2) is 55.0 Å². The number of alkyl halides is 3. The molecule has 0 aliphatic carbocycles. The van der Waals surface area contributed by atoms with Gasteiger partial charge in [-0.3, -0.25) is 0 Å². The molecule has 0 aromatic heterocycles. The van der Waals surface area contributed by atoms with Crippen LogP contribution in [0.25, 0.3) is 22.9 Å². The highest BCUT2D eigenvalue weighted by Gasteiger charge is 2.30. The molecule has 0 amide bonds. The fraction of sp³-hybridized carbons (Fsp3) is 0.105. The molecule has 148 valence electrons. The number of aromatic nitrogens is 4. The third-order valence-electron chi connectivity index (χ3n) is 4.00. The van der Waals surface area contributed by atoms with Crippen LogP contribution in [0.1, 0.15) is 5.56 Å². The standard InChI is InChI=1S/C19H11F5N4O/c20-14-3-1-2-13(16(14)21)17-26-15-9-28(10-25-18(15)27-17)8-11-4-6-12(7-5-11)29-19(22,23)24/h1-7,9-10H,8H2. The third kappa shape index (κ3) is 4.15. The summed E-state index contributed by atoms with van der Waals surface area (Å²) in [6.07, 6.45) is -1.68. The Morgan fingerprint density at radius 2 is 1.69 bits per heavy atom. The highest BCUT2D eigenvalue weighted by molar-refractivity contribution is 5.63. The van der Waals surface area contributed by atoms with Gasteiger partial charge in [0.2, 0.25) is 0 Å². The van der Waals surface area contributed by atoms with Crippen molar-refractivity contribution >= 4 is 0 Å². The van der Waals surface area contributed by atoms with Gasteiger partial charge in [-0.05, 0) is 29.8 Å². The predicted molar refractivity (Wildman–Crippen MR) is 92.0 cm³/mol. The van der Waals surface area contributed by atoms with E-state index in [0.29, 0.717) is 17.8 Å². The summed E-state index contributed by atoms with van der Waals surface area (Å²) in [5.74, 6) is -2.09. The van der Waals surface area contributed by atoms with Crippen molar-refractivity contribution in [2.24, 2.45) is 0 Å². The van der Waals surface area contributed by atoms with Crippen molar-refractivity contribution in [1.82, 2.24) is 19.5 Å². The molecule has 2 heterocycles. The van der Waals surface area contributed by atoms with Crippen LogP contribution < -0.4 is 4.74 Å². The van der Waals surface area contributed by atoms with Gasteiger partial charge in [-0.2, -0.15) is 0 Å². The summed E-state index contributed by atoms with van der Waals surface area (Å²) in [6.45, 7) is 0.297. The van der Waals surface area contributed by atoms with E-state index in [4.69, 9.17) is 0 Å². The third-order valence-corrected chi connectivity index (χ3v) is 4.00. The second-order valence-electron chi connectivity index (χ2n) is 6.10. The van der Waals surface area contributed by atoms with Crippen LogP contribution in [0.4, 0.5) is 22.0 Å². The minimum Gasteiger partial charge on any atom is -0.406 e. The summed E-state index contributed by atoms with van der Waals surface area (Å²) < 4.78 is 69.5. The first-order chi connectivity index (χ1) is 13.8. The topological polar surface area (TPSA) is 52.8 Å². The Morgan fingerprint density at radius 1 is 0.931 bits per heavy atom. The molecule has 0 atom stereocenters. The van der Waals surface area contributed by atoms with E-state index in [1.165, 1.54) is 42.7 Å². The molecule has 0 fully saturated rings. The quantitative estimate of drug-likeness (QED) is 0.462. The molecule has 2 aromatic carbocycles. The molecule has 29 heavy (non-hydrogen) atoms. The summed E-state index contributed by atoms with van der Waals surface area (Å²) in [6, 6.07) is 9.12. The predicted octanol–water partition coefficient (Wildman–Crippen LogP) is 4.67. The number of benzene rings is 2. The molecule has 0 spiro atoms. The van der Waals surface area contributed by atoms with E-state index in [1.807, 2.05) is 0 Å². The van der Waals surface area contributed by atoms with Gasteiger partial charge < -0.3 is 9.30 Å². The Labute approximate surface area is 160 Å². The fourth-order valence-corrected chi connectivity index (χ4v) is 2.74. The van der Waals surface area contributed by atoms with E-state index in [9.17, 15) is 22.0 Å². The average molecular weight is 406 g/mol. The largest absolute Gasteiger partial charge is 0.573 e. The first-order valence-electron chi connectivity index (χ1n) is 8.27. The van der Waals surface area contributed by atoms with Gasteiger partial charge in [0.1, 0.15) is 11.4 Å². The van der Waals surface area contributed by atoms with Crippen LogP contribution in [-0.4, -0.2) is 25.9 Å². The molecule has 5 nitrogen and oxygen atoms in total. The molecule has 0 radical (unpaired) electrons. The number of hydrogen-bond acceptors (Lipinski definition) is 4. The number of halogens is 5. The highest BCUT2D eigenvalue weighted by Crippen LogP contribution is 2.27. The van der Waals surface area contributed by atoms with E-state index in [2.05, 4.69) is 19.7 Å². The Hall–Kier alpha value is -3.56. The van der Waals surface area contributed by atoms with Gasteiger partial charge in [-0.1, -0.05) is 18.2 Å². The molecule has 4 rings (SSSR count). The van der Waals surface area contributed by atoms with Gasteiger partial charge in [-0.15, -0.1) is 13.2 Å². The van der Waals surface area contributed by atoms with Crippen LogP contribution in [-0.2, 0) is 6.54 Å². The Morgan fingerprint density at radius 3 is 2.41 bits per heavy atom. The molecule has 0 bridgehead atoms. The summed E-state index contributed by atoms with van der Waals surface area (Å²) in [5.41, 5.74) is 0.986. The number of ether oxygens (including phenoxy) is 1. The van der Waals surface area contributed by atoms with Crippen molar-refractivity contribution in [2.45, 2.75) is 12.9 Å². The van der Waals surface area contributed by atoms with Gasteiger partial charge in [-0.25, -0.2) is 23.7 Å². The normalized spacial score (nSPS) is 11.8. The van der Waals surface area contributed by atoms with Gasteiger partial charge in [0.05, 0.1) is 11.9 Å². The van der Waals surface area contributed by atoms with E-state index in [1.54, 1.807) is 10.8 Å². The van der Waals surface area contributed by atoms with E-state index in [-0.39, 0.29) is 23.0 Å². The molecular formula is C19H11F5N4O. The van der Waals surface area contributed by atoms with Crippen molar-refractivity contribution in [3.05, 3.63) is 72.2 Å². The molecule has 0 saturated heterocycles. The Kier molecular flexibility index (Phi) is 4.61. The zero-order valence-electron chi connectivity index (χ0n) is 14.5. The zero-order valence-corrected chi connectivity index (χ0v) is 14.5. The van der Waals surface area contributed by atoms with E-state index >= 15 is 0 Å². The second kappa shape index (κ2) is 7.12. The van der Waals surface area contributed by atoms with Crippen molar-refractivity contribution in [3.8, 4) is 28.7 Å². The lowest BCUT2D eigenvalue weighted by Crippen LogP contribution is -2.17. The van der Waals surface area contributed by atoms with Crippen LogP contribution in [0.2, 0.25) is 0 Å². The maximum atomic E-state index is 14.0. The molecule has 2 aliphatic rings. The van der Waals surface area contributed by atoms with Crippen LogP contribution >= 0.6 is 0 Å². The molecule has 10 heteroatoms. The lowest BCUT2D eigenvalue weighted by atomic mass is 10.2. The summed E-state index contributed by atoms with van der Waals surface area (Å²) in [5, 5.41) is 0. The second-order valence-corrected chi connectivity index (χ2v) is 6.10. The van der Waals surface area contributed by atoms with Gasteiger partial charge in [0.15, 0.2) is 23.3 Å². The first kappa shape index (κ1) is 18.8. The van der Waals surface area contributed by atoms with Crippen molar-refractivity contribution in [1.29, 1.82) is 0 Å². The lowest BCUT2D eigenvalue weighted by Gasteiger charge is -2.10. The van der Waals surface area contributed by atoms with E-state index < -0.39 is 18.0 Å². The average Bonchev–Trinajstić information content (AvgIpc) is 3.07. The van der Waals surface area contributed by atoms with Gasteiger partial charge in [0.25, 0.3) is 0 Å². The van der Waals surface area contributed by atoms with Crippen LogP contribution in [0, 0.1) is 11.6 Å². The molecule has 2 aromatic rings. The van der Waals surface area contributed by atoms with Crippen molar-refractivity contribution < 1.29 is 26.7 Å². The molecular weight excluding hydrogens is 395 g/mol. The van der Waals surface area contributed by atoms with Crippen LogP contribution in [0.3, 0.4) is 0 Å². The minimum atomic E-state index is -4.75. The monoisotopic (exact) mass is 406 g/mol. The van der Waals surface area contributed by atoms with E-state index in [0.717, 1.165) is 6.07 Å². The highest BCUT2D eigenvalue weighted by atomic mass is 19.4. The maximum Gasteiger partial charge on any atom is 0.573 e. The lowest BCUT2D eigenvalue weighted by molar-refractivity contribution is -0.274. The van der Waals surface area contributed by atoms with Gasteiger partial charge in [0, 0.05) is 12.7 Å². The maximum absolute atomic E-state index is 14.0. The number of hydrogen-bond donors (Lipinski definition) is 0. The summed E-state index contributed by atoms with van der Waals surface area (Å²) in [4.78, 5) is 12.5. The van der Waals surface area contributed by atoms with Crippen molar-refractivity contribution in [2.75, 3.05) is 0 Å². The first-order valence-corrected chi connectivity index (χ1v) is 8.27. The molecule has 0 unspecified atom stereocenters. The Bertz CT molecular complexity index is 1120. The minimum absolute atomic E-state index is 0.0101. The number of rotatable bonds is 4. The number of fused-ring (bicyclic) bond motifs is 1. The number of nitrogens with zero attached hydrogens (tertiary/aromatic N) is 4. The fourth-order valence-electron chi connectivity index (χ4n) is 2.74. The van der Waals surface area contributed by atoms with Gasteiger partial charge >= 0.3 is 6.36 Å². The molecule has 2 aliphatic heterocycles. The Balaban J connectivity index is 1.57. The smallest absolute Gasteiger partial charge is 0.406 e. The summed E-state index contributed by atoms with van der Waals surface area (Å²) >= 11 is 0. The summed E-state index contributed by atoms with van der Waals surface area (Å²) in [7, 11) is 0. The molecule has 0 N–H and O–H groups in total. The SMILES string of the molecule is Fc1cccc(-c2nc3cn(Cc4ccc(OC(F)(F)F)cc4)cnc-3n2)c1F.